The van der Waals surface area contributed by atoms with Crippen molar-refractivity contribution in [3.05, 3.63) is 174 Å². The summed E-state index contributed by atoms with van der Waals surface area (Å²) in [7, 11) is 0. The summed E-state index contributed by atoms with van der Waals surface area (Å²) in [6, 6.07) is 35.3. The van der Waals surface area contributed by atoms with Crippen LogP contribution in [-0.2, 0) is 65.8 Å². The summed E-state index contributed by atoms with van der Waals surface area (Å²) in [5.41, 5.74) is 10.4. The lowest BCUT2D eigenvalue weighted by molar-refractivity contribution is -0.143. The Morgan fingerprint density at radius 3 is 1.79 bits per heavy atom. The number of amides is 7. The van der Waals surface area contributed by atoms with Crippen molar-refractivity contribution >= 4 is 52.4 Å². The largest absolute Gasteiger partial charge is 0.489 e. The van der Waals surface area contributed by atoms with Crippen LogP contribution in [0, 0.1) is 5.92 Å². The van der Waals surface area contributed by atoms with Crippen LogP contribution in [0.15, 0.2) is 146 Å². The minimum atomic E-state index is -1.30. The molecule has 3 aliphatic rings. The average Bonchev–Trinajstić information content (AvgIpc) is 4.29. The van der Waals surface area contributed by atoms with Crippen LogP contribution < -0.4 is 47.7 Å². The summed E-state index contributed by atoms with van der Waals surface area (Å²) in [4.78, 5) is 109. The molecular formula is C62H72N10O9. The van der Waals surface area contributed by atoms with Crippen LogP contribution in [0.3, 0.4) is 0 Å². The van der Waals surface area contributed by atoms with Crippen LogP contribution in [0.2, 0.25) is 0 Å². The fourth-order valence-corrected chi connectivity index (χ4v) is 10.9. The summed E-state index contributed by atoms with van der Waals surface area (Å²) < 4.78 is 11.9. The van der Waals surface area contributed by atoms with E-state index in [-0.39, 0.29) is 64.1 Å². The molecule has 0 bridgehead atoms. The van der Waals surface area contributed by atoms with Gasteiger partial charge in [0.2, 0.25) is 35.4 Å². The van der Waals surface area contributed by atoms with E-state index >= 15 is 28.8 Å². The number of aromatic amines is 1. The molecule has 19 heteroatoms. The van der Waals surface area contributed by atoms with Crippen LogP contribution in [0.5, 0.6) is 5.75 Å². The molecule has 3 aliphatic heterocycles. The van der Waals surface area contributed by atoms with Crippen molar-refractivity contribution in [2.45, 2.75) is 107 Å². The summed E-state index contributed by atoms with van der Waals surface area (Å²) in [5, 5.41) is 21.7. The third kappa shape index (κ3) is 15.9. The van der Waals surface area contributed by atoms with Crippen LogP contribution in [0.4, 0.5) is 4.79 Å². The number of alkyl carbamates (subject to hydrolysis) is 1. The number of hydrogen-bond acceptors (Lipinski definition) is 11. The standard InChI is InChI=1S/C62H72N10O9/c63-28-31-65-62(79)81-47-36-55-60(77)71-53(32-41-14-6-2-7-15-41)58(75)70-54(35-45-37-66-49-19-11-10-18-48(45)49)59(76)69-52(34-43-26-29-64-30-27-43)57(74)68-51(33-42-20-23-46(24-21-42)80-39-44-16-8-3-9-17-44)56(73)67-50(61(78)72(55)38-47)25-22-40-12-4-1-5-13-40/h1-21,23-24,37,43,47,50-55,64,66H,22,25-36,38-39,63H2,(H,65,79)(H,67,73)(H,68,74)(H,69,76)(H,70,75)(H,71,77)/t47-,50+,51+,52+,53+,54-,55+/m1/s1. The van der Waals surface area contributed by atoms with Gasteiger partial charge in [0.1, 0.15) is 54.7 Å². The van der Waals surface area contributed by atoms with E-state index in [2.05, 4.69) is 42.2 Å². The number of piperidine rings is 1. The number of fused-ring (bicyclic) bond motifs is 2. The van der Waals surface area contributed by atoms with Crippen LogP contribution in [0.1, 0.15) is 59.9 Å². The van der Waals surface area contributed by atoms with E-state index < -0.39 is 83.9 Å². The molecule has 5 aromatic carbocycles. The Morgan fingerprint density at radius 1 is 0.593 bits per heavy atom. The lowest BCUT2D eigenvalue weighted by atomic mass is 9.90. The molecule has 1 aromatic heterocycles. The third-order valence-electron chi connectivity index (χ3n) is 15.3. The predicted octanol–water partition coefficient (Wildman–Crippen LogP) is 3.89. The number of nitrogens with one attached hydrogen (secondary N) is 8. The van der Waals surface area contributed by atoms with E-state index in [9.17, 15) is 4.79 Å². The molecule has 3 saturated heterocycles. The molecule has 0 unspecified atom stereocenters. The Morgan fingerprint density at radius 2 is 1.14 bits per heavy atom. The highest BCUT2D eigenvalue weighted by Gasteiger charge is 2.45. The second-order valence-electron chi connectivity index (χ2n) is 21.1. The lowest BCUT2D eigenvalue weighted by Crippen LogP contribution is -2.62. The number of aromatic nitrogens is 1. The number of para-hydroxylation sites is 1. The third-order valence-corrected chi connectivity index (χ3v) is 15.3. The first-order valence-electron chi connectivity index (χ1n) is 28.0. The number of ether oxygens (including phenoxy) is 2. The molecule has 0 saturated carbocycles. The summed E-state index contributed by atoms with van der Waals surface area (Å²) >= 11 is 0. The minimum Gasteiger partial charge on any atom is -0.489 e. The fourth-order valence-electron chi connectivity index (χ4n) is 10.9. The molecule has 9 rings (SSSR count). The Bertz CT molecular complexity index is 3080. The number of benzene rings is 5. The Kier molecular flexibility index (Phi) is 19.8. The number of carbonyl (C=O) groups is 7. The lowest BCUT2D eigenvalue weighted by Gasteiger charge is -2.32. The first kappa shape index (κ1) is 57.1. The molecule has 0 spiro atoms. The van der Waals surface area contributed by atoms with E-state index in [0.717, 1.165) is 34.9 Å². The fraction of sp³-hybridized carbons (Fsp3) is 0.371. The normalized spacial score (nSPS) is 22.5. The van der Waals surface area contributed by atoms with E-state index in [4.69, 9.17) is 15.2 Å². The maximum absolute atomic E-state index is 15.4. The molecular weight excluding hydrogens is 1030 g/mol. The van der Waals surface area contributed by atoms with Gasteiger partial charge < -0.3 is 62.3 Å². The van der Waals surface area contributed by atoms with Crippen LogP contribution in [0.25, 0.3) is 10.9 Å². The van der Waals surface area contributed by atoms with E-state index in [0.29, 0.717) is 48.6 Å². The second-order valence-corrected chi connectivity index (χ2v) is 21.1. The van der Waals surface area contributed by atoms with Crippen LogP contribution >= 0.6 is 0 Å². The molecule has 7 amide bonds. The monoisotopic (exact) mass is 1100 g/mol. The SMILES string of the molecule is NCCNC(=O)O[C@@H]1C[C@H]2C(=O)N[C@@H](Cc3ccccc3)C(=O)N[C@H](Cc3c[nH]c4ccccc34)C(=O)N[C@@H](CC3CCNCC3)C(=O)N[C@@H](Cc3ccc(OCc4ccccc4)cc3)C(=O)N[C@@H](CCc3ccccc3)C(=O)N2C1. The molecule has 10 N–H and O–H groups in total. The second kappa shape index (κ2) is 28.0. The summed E-state index contributed by atoms with van der Waals surface area (Å²) in [6.07, 6.45) is 1.86. The van der Waals surface area contributed by atoms with Gasteiger partial charge in [-0.15, -0.1) is 0 Å². The van der Waals surface area contributed by atoms with Crippen molar-refractivity contribution < 1.29 is 43.0 Å². The number of rotatable bonds is 17. The number of nitrogens with two attached hydrogens (primary N) is 1. The van der Waals surface area contributed by atoms with E-state index in [1.165, 1.54) is 4.90 Å². The van der Waals surface area contributed by atoms with E-state index in [1.807, 2.05) is 103 Å². The molecule has 0 aliphatic carbocycles. The van der Waals surface area contributed by atoms with Gasteiger partial charge in [0.15, 0.2) is 0 Å². The maximum Gasteiger partial charge on any atom is 0.407 e. The Hall–Kier alpha value is -8.55. The molecule has 4 heterocycles. The molecule has 6 aromatic rings. The highest BCUT2D eigenvalue weighted by Crippen LogP contribution is 2.26. The smallest absolute Gasteiger partial charge is 0.407 e. The topological polar surface area (TPSA) is 267 Å². The van der Waals surface area contributed by atoms with Crippen molar-refractivity contribution in [3.8, 4) is 5.75 Å². The highest BCUT2D eigenvalue weighted by atomic mass is 16.6. The van der Waals surface area contributed by atoms with Gasteiger partial charge in [0, 0.05) is 55.9 Å². The zero-order valence-corrected chi connectivity index (χ0v) is 45.3. The first-order valence-corrected chi connectivity index (χ1v) is 28.0. The number of carbonyl (C=O) groups excluding carboxylic acids is 7. The molecule has 7 atom stereocenters. The Balaban J connectivity index is 1.10. The maximum atomic E-state index is 15.4. The van der Waals surface area contributed by atoms with Crippen molar-refractivity contribution in [1.82, 2.24) is 47.1 Å². The van der Waals surface area contributed by atoms with Gasteiger partial charge in [-0.3, -0.25) is 28.8 Å². The number of aryl methyl sites for hydroxylation is 1. The minimum absolute atomic E-state index is 0.00806. The Labute approximate surface area is 471 Å². The quantitative estimate of drug-likeness (QED) is 0.0633. The van der Waals surface area contributed by atoms with Gasteiger partial charge in [0.05, 0.1) is 6.54 Å². The average molecular weight is 1100 g/mol. The van der Waals surface area contributed by atoms with Crippen molar-refractivity contribution in [2.75, 3.05) is 32.7 Å². The zero-order chi connectivity index (χ0) is 56.5. The van der Waals surface area contributed by atoms with Crippen molar-refractivity contribution in [2.24, 2.45) is 11.7 Å². The van der Waals surface area contributed by atoms with E-state index in [1.54, 1.807) is 42.6 Å². The van der Waals surface area contributed by atoms with Crippen LogP contribution in [-0.4, -0.2) is 126 Å². The molecule has 424 valence electrons. The van der Waals surface area contributed by atoms with Gasteiger partial charge in [-0.05, 0) is 97.1 Å². The molecule has 19 nitrogen and oxygen atoms in total. The summed E-state index contributed by atoms with van der Waals surface area (Å²) in [6.45, 7) is 1.78. The van der Waals surface area contributed by atoms with Gasteiger partial charge in [-0.25, -0.2) is 4.79 Å². The first-order chi connectivity index (χ1) is 39.5. The van der Waals surface area contributed by atoms with Crippen molar-refractivity contribution in [1.29, 1.82) is 0 Å². The number of nitrogens with zero attached hydrogens (tertiary/aromatic N) is 1. The van der Waals surface area contributed by atoms with Gasteiger partial charge in [-0.1, -0.05) is 121 Å². The molecule has 3 fully saturated rings. The number of H-pyrrole nitrogens is 1. The van der Waals surface area contributed by atoms with Gasteiger partial charge in [0.25, 0.3) is 0 Å². The summed E-state index contributed by atoms with van der Waals surface area (Å²) in [5.74, 6) is -3.42. The molecule has 81 heavy (non-hydrogen) atoms. The highest BCUT2D eigenvalue weighted by molar-refractivity contribution is 5.99. The molecule has 0 radical (unpaired) electrons. The number of hydrogen-bond donors (Lipinski definition) is 9. The van der Waals surface area contributed by atoms with Crippen molar-refractivity contribution in [3.63, 3.8) is 0 Å². The zero-order valence-electron chi connectivity index (χ0n) is 45.3. The van der Waals surface area contributed by atoms with Gasteiger partial charge in [-0.2, -0.15) is 0 Å². The van der Waals surface area contributed by atoms with Gasteiger partial charge >= 0.3 is 6.09 Å². The predicted molar refractivity (Wildman–Crippen MR) is 305 cm³/mol.